The maximum Gasteiger partial charge on any atom is 0.254 e. The average molecular weight is 601 g/mol. The second-order valence-corrected chi connectivity index (χ2v) is 11.5. The Kier molecular flexibility index (Phi) is 8.32. The minimum atomic E-state index is -0.937. The van der Waals surface area contributed by atoms with Crippen LogP contribution in [-0.2, 0) is 20.2 Å². The number of rotatable bonds is 9. The van der Waals surface area contributed by atoms with Crippen LogP contribution in [-0.4, -0.2) is 46.2 Å². The Morgan fingerprint density at radius 1 is 1.00 bits per heavy atom. The number of nitrogens with zero attached hydrogens (tertiary/aromatic N) is 3. The van der Waals surface area contributed by atoms with Crippen molar-refractivity contribution in [2.75, 3.05) is 13.7 Å². The fraction of sp³-hybridized carbons (Fsp3) is 0.324. The number of hydrogen-bond acceptors (Lipinski definition) is 5. The Morgan fingerprint density at radius 2 is 1.73 bits per heavy atom. The Bertz CT molecular complexity index is 1660. The van der Waals surface area contributed by atoms with Gasteiger partial charge in [-0.3, -0.25) is 14.3 Å². The van der Waals surface area contributed by atoms with E-state index in [0.29, 0.717) is 18.8 Å². The van der Waals surface area contributed by atoms with Crippen LogP contribution in [0.1, 0.15) is 57.5 Å². The van der Waals surface area contributed by atoms with Crippen LogP contribution in [0.4, 0.5) is 8.78 Å². The standard InChI is InChI=1S/C34H34F2N4O4/c1-39-14-13-31(38-39)23-7-12-28-25(15-23)19-40(34(28)42)26-8-3-21(4-9-26)18-37-33(41)24-16-29(35)32(30(36)17-24)44-20-22-5-10-27(43-2)11-6-22/h5-7,10-17,21,26H,3-4,8-9,18-20H2,1-2H3,(H,37,41). The Balaban J connectivity index is 0.990. The average Bonchev–Trinajstić information content (AvgIpc) is 3.62. The van der Waals surface area contributed by atoms with Crippen molar-refractivity contribution >= 4 is 11.8 Å². The second kappa shape index (κ2) is 12.5. The summed E-state index contributed by atoms with van der Waals surface area (Å²) in [6, 6.07) is 16.9. The van der Waals surface area contributed by atoms with E-state index in [1.165, 1.54) is 0 Å². The molecule has 1 N–H and O–H groups in total. The molecule has 2 aliphatic rings. The van der Waals surface area contributed by atoms with Gasteiger partial charge in [-0.1, -0.05) is 18.2 Å². The van der Waals surface area contributed by atoms with Crippen LogP contribution in [0.5, 0.6) is 11.5 Å². The third kappa shape index (κ3) is 6.15. The van der Waals surface area contributed by atoms with Crippen molar-refractivity contribution in [3.8, 4) is 22.8 Å². The molecule has 3 aromatic carbocycles. The predicted molar refractivity (Wildman–Crippen MR) is 160 cm³/mol. The zero-order chi connectivity index (χ0) is 30.8. The van der Waals surface area contributed by atoms with Gasteiger partial charge in [0.1, 0.15) is 12.4 Å². The van der Waals surface area contributed by atoms with Crippen LogP contribution in [0.3, 0.4) is 0 Å². The first-order chi connectivity index (χ1) is 21.3. The molecule has 228 valence electrons. The number of benzene rings is 3. The van der Waals surface area contributed by atoms with Crippen LogP contribution in [0.15, 0.2) is 66.9 Å². The van der Waals surface area contributed by atoms with Crippen molar-refractivity contribution in [1.29, 1.82) is 0 Å². The molecule has 6 rings (SSSR count). The third-order valence-electron chi connectivity index (χ3n) is 8.56. The van der Waals surface area contributed by atoms with Crippen molar-refractivity contribution in [2.24, 2.45) is 13.0 Å². The molecule has 0 radical (unpaired) electrons. The molecule has 2 amide bonds. The summed E-state index contributed by atoms with van der Waals surface area (Å²) in [5.41, 5.74) is 4.25. The first-order valence-electron chi connectivity index (χ1n) is 14.8. The molecule has 0 saturated heterocycles. The van der Waals surface area contributed by atoms with Crippen LogP contribution in [0, 0.1) is 17.6 Å². The normalized spacial score (nSPS) is 17.8. The lowest BCUT2D eigenvalue weighted by molar-refractivity contribution is 0.0635. The molecule has 8 nitrogen and oxygen atoms in total. The van der Waals surface area contributed by atoms with E-state index in [0.717, 1.165) is 65.8 Å². The molecule has 1 fully saturated rings. The summed E-state index contributed by atoms with van der Waals surface area (Å²) in [4.78, 5) is 27.9. The van der Waals surface area contributed by atoms with Gasteiger partial charge >= 0.3 is 0 Å². The van der Waals surface area contributed by atoms with Crippen molar-refractivity contribution < 1.29 is 27.8 Å². The summed E-state index contributed by atoms with van der Waals surface area (Å²) in [7, 11) is 3.43. The number of hydrogen-bond donors (Lipinski definition) is 1. The summed E-state index contributed by atoms with van der Waals surface area (Å²) < 4.78 is 41.7. The zero-order valence-electron chi connectivity index (χ0n) is 24.7. The number of amides is 2. The van der Waals surface area contributed by atoms with Gasteiger partial charge in [0.25, 0.3) is 11.8 Å². The van der Waals surface area contributed by atoms with Crippen LogP contribution in [0.25, 0.3) is 11.3 Å². The highest BCUT2D eigenvalue weighted by Gasteiger charge is 2.35. The van der Waals surface area contributed by atoms with Gasteiger partial charge in [-0.15, -0.1) is 0 Å². The molecule has 4 aromatic rings. The van der Waals surface area contributed by atoms with E-state index in [4.69, 9.17) is 9.47 Å². The Labute approximate surface area is 254 Å². The number of carbonyl (C=O) groups excluding carboxylic acids is 2. The lowest BCUT2D eigenvalue weighted by atomic mass is 9.85. The van der Waals surface area contributed by atoms with Crippen molar-refractivity contribution in [3.63, 3.8) is 0 Å². The lowest BCUT2D eigenvalue weighted by Gasteiger charge is -2.34. The number of carbonyl (C=O) groups is 2. The van der Waals surface area contributed by atoms with Gasteiger partial charge in [-0.25, -0.2) is 8.78 Å². The maximum absolute atomic E-state index is 14.7. The summed E-state index contributed by atoms with van der Waals surface area (Å²) in [6.45, 7) is 0.942. The van der Waals surface area contributed by atoms with Crippen molar-refractivity contribution in [3.05, 3.63) is 101 Å². The van der Waals surface area contributed by atoms with E-state index >= 15 is 0 Å². The van der Waals surface area contributed by atoms with Gasteiger partial charge in [0.2, 0.25) is 0 Å². The molecule has 44 heavy (non-hydrogen) atoms. The van der Waals surface area contributed by atoms with E-state index in [9.17, 15) is 18.4 Å². The molecular weight excluding hydrogens is 566 g/mol. The summed E-state index contributed by atoms with van der Waals surface area (Å²) >= 11 is 0. The molecule has 1 aliphatic heterocycles. The largest absolute Gasteiger partial charge is 0.497 e. The molecular formula is C34H34F2N4O4. The van der Waals surface area contributed by atoms with E-state index < -0.39 is 23.3 Å². The van der Waals surface area contributed by atoms with Crippen LogP contribution >= 0.6 is 0 Å². The minimum absolute atomic E-state index is 0.0344. The van der Waals surface area contributed by atoms with Crippen molar-refractivity contribution in [1.82, 2.24) is 20.0 Å². The quantitative estimate of drug-likeness (QED) is 0.259. The second-order valence-electron chi connectivity index (χ2n) is 11.5. The van der Waals surface area contributed by atoms with Gasteiger partial charge in [-0.05, 0) is 85.2 Å². The van der Waals surface area contributed by atoms with Crippen LogP contribution < -0.4 is 14.8 Å². The lowest BCUT2D eigenvalue weighted by Crippen LogP contribution is -2.40. The SMILES string of the molecule is COc1ccc(COc2c(F)cc(C(=O)NCC3CCC(N4Cc5cc(-c6ccn(C)n6)ccc5C4=O)CC3)cc2F)cc1. The molecule has 0 spiro atoms. The summed E-state index contributed by atoms with van der Waals surface area (Å²) in [6.07, 6.45) is 5.23. The van der Waals surface area contributed by atoms with E-state index in [1.54, 1.807) is 36.1 Å². The number of ether oxygens (including phenoxy) is 2. The van der Waals surface area contributed by atoms with Crippen molar-refractivity contribution in [2.45, 2.75) is 44.9 Å². The smallest absolute Gasteiger partial charge is 0.254 e. The number of halogens is 2. The van der Waals surface area contributed by atoms with E-state index in [-0.39, 0.29) is 30.0 Å². The molecule has 10 heteroatoms. The first-order valence-corrected chi connectivity index (χ1v) is 14.8. The molecule has 1 aromatic heterocycles. The Hall–Kier alpha value is -4.73. The predicted octanol–water partition coefficient (Wildman–Crippen LogP) is 5.90. The zero-order valence-corrected chi connectivity index (χ0v) is 24.7. The highest BCUT2D eigenvalue weighted by atomic mass is 19.1. The van der Waals surface area contributed by atoms with E-state index in [1.807, 2.05) is 36.3 Å². The summed E-state index contributed by atoms with van der Waals surface area (Å²) in [5.74, 6) is -2.00. The topological polar surface area (TPSA) is 85.7 Å². The number of fused-ring (bicyclic) bond motifs is 1. The molecule has 0 atom stereocenters. The molecule has 1 aliphatic carbocycles. The number of nitrogens with one attached hydrogen (secondary N) is 1. The van der Waals surface area contributed by atoms with Gasteiger partial charge in [0.15, 0.2) is 17.4 Å². The maximum atomic E-state index is 14.7. The first kappa shape index (κ1) is 29.3. The van der Waals surface area contributed by atoms with Gasteiger partial charge < -0.3 is 19.7 Å². The van der Waals surface area contributed by atoms with Crippen LogP contribution in [0.2, 0.25) is 0 Å². The van der Waals surface area contributed by atoms with Gasteiger partial charge in [0, 0.05) is 49.1 Å². The molecule has 1 saturated carbocycles. The highest BCUT2D eigenvalue weighted by Crippen LogP contribution is 2.34. The Morgan fingerprint density at radius 3 is 2.39 bits per heavy atom. The molecule has 0 bridgehead atoms. The number of aryl methyl sites for hydroxylation is 1. The highest BCUT2D eigenvalue weighted by molar-refractivity contribution is 5.99. The van der Waals surface area contributed by atoms with E-state index in [2.05, 4.69) is 16.5 Å². The minimum Gasteiger partial charge on any atom is -0.497 e. The number of methoxy groups -OCH3 is 1. The molecule has 2 heterocycles. The fourth-order valence-electron chi connectivity index (χ4n) is 6.07. The monoisotopic (exact) mass is 600 g/mol. The number of aromatic nitrogens is 2. The third-order valence-corrected chi connectivity index (χ3v) is 8.56. The molecule has 0 unspecified atom stereocenters. The summed E-state index contributed by atoms with van der Waals surface area (Å²) in [5, 5.41) is 7.30. The fourth-order valence-corrected chi connectivity index (χ4v) is 6.07. The van der Waals surface area contributed by atoms with Gasteiger partial charge in [0.05, 0.1) is 12.8 Å². The van der Waals surface area contributed by atoms with Gasteiger partial charge in [-0.2, -0.15) is 5.10 Å².